The second kappa shape index (κ2) is 9.64. The maximum atomic E-state index is 12.9. The predicted molar refractivity (Wildman–Crippen MR) is 130 cm³/mol. The van der Waals surface area contributed by atoms with Crippen molar-refractivity contribution in [2.24, 2.45) is 0 Å². The van der Waals surface area contributed by atoms with E-state index in [0.29, 0.717) is 48.4 Å². The summed E-state index contributed by atoms with van der Waals surface area (Å²) in [7, 11) is 0. The summed E-state index contributed by atoms with van der Waals surface area (Å²) in [6.07, 6.45) is -2.61. The molecule has 1 fully saturated rings. The second-order valence-electron chi connectivity index (χ2n) is 10.2. The van der Waals surface area contributed by atoms with E-state index in [0.717, 1.165) is 12.1 Å². The van der Waals surface area contributed by atoms with Gasteiger partial charge in [-0.1, -0.05) is 0 Å². The number of nitrogens with one attached hydrogen (secondary N) is 1. The third-order valence-electron chi connectivity index (χ3n) is 6.37. The maximum Gasteiger partial charge on any atom is 0.416 e. The number of halogens is 3. The molecule has 0 aliphatic carbocycles. The third-order valence-corrected chi connectivity index (χ3v) is 6.37. The molecule has 1 aliphatic heterocycles. The number of benzene rings is 1. The lowest BCUT2D eigenvalue weighted by atomic mass is 9.93. The smallest absolute Gasteiger partial charge is 0.416 e. The Morgan fingerprint density at radius 2 is 1.76 bits per heavy atom. The van der Waals surface area contributed by atoms with Crippen molar-refractivity contribution in [1.29, 1.82) is 0 Å². The number of piperidine rings is 1. The first-order valence-corrected chi connectivity index (χ1v) is 12.1. The van der Waals surface area contributed by atoms with Crippen LogP contribution in [0.15, 0.2) is 45.7 Å². The van der Waals surface area contributed by atoms with Gasteiger partial charge in [0, 0.05) is 30.6 Å². The van der Waals surface area contributed by atoms with Gasteiger partial charge >= 0.3 is 6.18 Å². The Labute approximate surface area is 215 Å². The van der Waals surface area contributed by atoms with Crippen LogP contribution in [-0.2, 0) is 10.9 Å². The number of hydrogen-bond acceptors (Lipinski definition) is 8. The first kappa shape index (κ1) is 26.1. The van der Waals surface area contributed by atoms with Crippen LogP contribution in [0.25, 0.3) is 28.6 Å². The zero-order chi connectivity index (χ0) is 27.2. The molecule has 0 spiro atoms. The van der Waals surface area contributed by atoms with Gasteiger partial charge in [0.25, 0.3) is 11.4 Å². The van der Waals surface area contributed by atoms with Crippen molar-refractivity contribution in [2.75, 3.05) is 13.1 Å². The van der Waals surface area contributed by atoms with Crippen LogP contribution in [-0.4, -0.2) is 59.9 Å². The highest BCUT2D eigenvalue weighted by molar-refractivity contribution is 5.71. The van der Waals surface area contributed by atoms with Gasteiger partial charge in [0.15, 0.2) is 0 Å². The number of alkyl halides is 3. The van der Waals surface area contributed by atoms with Crippen LogP contribution in [0.5, 0.6) is 0 Å². The van der Waals surface area contributed by atoms with E-state index in [1.54, 1.807) is 4.52 Å². The zero-order valence-corrected chi connectivity index (χ0v) is 21.0. The molecular weight excluding hydrogens is 505 g/mol. The lowest BCUT2D eigenvalue weighted by Gasteiger charge is -2.37. The highest BCUT2D eigenvalue weighted by Crippen LogP contribution is 2.33. The van der Waals surface area contributed by atoms with Crippen LogP contribution in [0, 0.1) is 0 Å². The predicted octanol–water partition coefficient (Wildman–Crippen LogP) is 4.03. The molecule has 4 aromatic rings. The van der Waals surface area contributed by atoms with Gasteiger partial charge < -0.3 is 19.2 Å². The SMILES string of the molecule is CC(C)(C)OC(O)N1CCC(c2cc(=O)[nH]c3c(-c4nnc(-c5ccc(C(F)(F)F)cc5)o4)cnn23)CC1. The summed E-state index contributed by atoms with van der Waals surface area (Å²) in [4.78, 5) is 17.2. The molecule has 13 heteroatoms. The number of aliphatic hydroxyl groups is 1. The first-order valence-electron chi connectivity index (χ1n) is 12.1. The van der Waals surface area contributed by atoms with Crippen LogP contribution >= 0.6 is 0 Å². The van der Waals surface area contributed by atoms with Crippen LogP contribution in [0.2, 0.25) is 0 Å². The quantitative estimate of drug-likeness (QED) is 0.370. The van der Waals surface area contributed by atoms with Crippen LogP contribution in [0.3, 0.4) is 0 Å². The number of rotatable bonds is 5. The van der Waals surface area contributed by atoms with Crippen molar-refractivity contribution in [1.82, 2.24) is 29.7 Å². The van der Waals surface area contributed by atoms with Gasteiger partial charge in [-0.25, -0.2) is 4.52 Å². The number of H-pyrrole nitrogens is 1. The average Bonchev–Trinajstić information content (AvgIpc) is 3.49. The van der Waals surface area contributed by atoms with Crippen LogP contribution < -0.4 is 5.56 Å². The molecule has 1 aromatic carbocycles. The van der Waals surface area contributed by atoms with Crippen molar-refractivity contribution < 1.29 is 27.4 Å². The molecule has 202 valence electrons. The minimum absolute atomic E-state index is 0.0102. The van der Waals surface area contributed by atoms with Crippen molar-refractivity contribution in [3.8, 4) is 22.9 Å². The van der Waals surface area contributed by atoms with Gasteiger partial charge in [0.1, 0.15) is 11.2 Å². The first-order chi connectivity index (χ1) is 17.9. The van der Waals surface area contributed by atoms with Gasteiger partial charge in [-0.2, -0.15) is 18.3 Å². The molecule has 5 rings (SSSR count). The molecule has 4 heterocycles. The average molecular weight is 533 g/mol. The Bertz CT molecular complexity index is 1480. The molecule has 1 aliphatic rings. The molecule has 10 nitrogen and oxygen atoms in total. The minimum Gasteiger partial charge on any atom is -0.416 e. The highest BCUT2D eigenvalue weighted by Gasteiger charge is 2.31. The summed E-state index contributed by atoms with van der Waals surface area (Å²) in [6, 6.07) is 5.90. The summed E-state index contributed by atoms with van der Waals surface area (Å²) in [5.41, 5.74) is 0.206. The largest absolute Gasteiger partial charge is 0.416 e. The molecule has 38 heavy (non-hydrogen) atoms. The molecule has 1 atom stereocenters. The van der Waals surface area contributed by atoms with E-state index in [9.17, 15) is 23.1 Å². The monoisotopic (exact) mass is 532 g/mol. The summed E-state index contributed by atoms with van der Waals surface area (Å²) < 4.78 is 51.6. The third kappa shape index (κ3) is 5.35. The van der Waals surface area contributed by atoms with Gasteiger partial charge in [-0.15, -0.1) is 10.2 Å². The van der Waals surface area contributed by atoms with Crippen molar-refractivity contribution >= 4 is 5.65 Å². The molecule has 1 saturated heterocycles. The fraction of sp³-hybridized carbons (Fsp3) is 0.440. The summed E-state index contributed by atoms with van der Waals surface area (Å²) in [5.74, 6) is 0.117. The summed E-state index contributed by atoms with van der Waals surface area (Å²) >= 11 is 0. The number of ether oxygens (including phenoxy) is 1. The lowest BCUT2D eigenvalue weighted by molar-refractivity contribution is -0.242. The van der Waals surface area contributed by atoms with E-state index in [1.165, 1.54) is 24.4 Å². The van der Waals surface area contributed by atoms with E-state index < -0.39 is 23.8 Å². The molecule has 0 saturated carbocycles. The van der Waals surface area contributed by atoms with Gasteiger partial charge in [-0.05, 0) is 57.9 Å². The standard InChI is InChI=1S/C25H27F3N6O4/c1-24(2,3)38-23(36)33-10-8-14(9-11-33)18-12-19(35)30-20-17(13-29-34(18)20)22-32-31-21(37-22)15-4-6-16(7-5-15)25(26,27)28/h4-7,12-14,23,36H,8-11H2,1-3H3,(H,30,35). The summed E-state index contributed by atoms with van der Waals surface area (Å²) in [6.45, 7) is 6.78. The number of fused-ring (bicyclic) bond motifs is 1. The van der Waals surface area contributed by atoms with Crippen LogP contribution in [0.4, 0.5) is 13.2 Å². The number of aromatic amines is 1. The zero-order valence-electron chi connectivity index (χ0n) is 21.0. The Kier molecular flexibility index (Phi) is 6.61. The maximum absolute atomic E-state index is 12.9. The summed E-state index contributed by atoms with van der Waals surface area (Å²) in [5, 5.41) is 22.8. The number of hydrogen-bond donors (Lipinski definition) is 2. The van der Waals surface area contributed by atoms with Crippen molar-refractivity contribution in [3.63, 3.8) is 0 Å². The molecule has 0 bridgehead atoms. The van der Waals surface area contributed by atoms with E-state index in [-0.39, 0.29) is 23.3 Å². The highest BCUT2D eigenvalue weighted by atomic mass is 19.4. The fourth-order valence-electron chi connectivity index (χ4n) is 4.52. The molecule has 3 aromatic heterocycles. The van der Waals surface area contributed by atoms with Crippen molar-refractivity contribution in [3.05, 3.63) is 58.1 Å². The van der Waals surface area contributed by atoms with Gasteiger partial charge in [0.2, 0.25) is 12.3 Å². The Hall–Kier alpha value is -3.55. The molecule has 0 amide bonds. The molecular formula is C25H27F3N6O4. The minimum atomic E-state index is -4.45. The van der Waals surface area contributed by atoms with Crippen LogP contribution in [0.1, 0.15) is 50.8 Å². The molecule has 2 N–H and O–H groups in total. The normalized spacial score (nSPS) is 16.8. The van der Waals surface area contributed by atoms with E-state index in [1.807, 2.05) is 25.7 Å². The van der Waals surface area contributed by atoms with E-state index in [2.05, 4.69) is 20.3 Å². The molecule has 1 unspecified atom stereocenters. The number of nitrogens with zero attached hydrogens (tertiary/aromatic N) is 5. The van der Waals surface area contributed by atoms with Gasteiger partial charge in [-0.3, -0.25) is 9.69 Å². The Balaban J connectivity index is 1.38. The van der Waals surface area contributed by atoms with E-state index in [4.69, 9.17) is 9.15 Å². The lowest BCUT2D eigenvalue weighted by Crippen LogP contribution is -2.45. The number of aliphatic hydroxyl groups excluding tert-OH is 1. The van der Waals surface area contributed by atoms with Crippen molar-refractivity contribution in [2.45, 2.75) is 57.7 Å². The Morgan fingerprint density at radius 3 is 2.39 bits per heavy atom. The number of likely N-dealkylation sites (tertiary alicyclic amines) is 1. The fourth-order valence-corrected chi connectivity index (χ4v) is 4.52. The van der Waals surface area contributed by atoms with Gasteiger partial charge in [0.05, 0.1) is 23.1 Å². The number of aromatic nitrogens is 5. The topological polar surface area (TPSA) is 122 Å². The van der Waals surface area contributed by atoms with E-state index >= 15 is 0 Å². The molecule has 0 radical (unpaired) electrons. The Morgan fingerprint density at radius 1 is 1.11 bits per heavy atom. The second-order valence-corrected chi connectivity index (χ2v) is 10.2.